The van der Waals surface area contributed by atoms with Crippen molar-refractivity contribution >= 4 is 51.2 Å². The maximum Gasteiger partial charge on any atom is 0.341 e. The number of thiophene rings is 1. The van der Waals surface area contributed by atoms with Gasteiger partial charge in [-0.2, -0.15) is 0 Å². The van der Waals surface area contributed by atoms with Crippen LogP contribution < -0.4 is 4.90 Å². The summed E-state index contributed by atoms with van der Waals surface area (Å²) in [4.78, 5) is 33.1. The summed E-state index contributed by atoms with van der Waals surface area (Å²) in [5, 5.41) is 2.77. The molecule has 0 bridgehead atoms. The average molecular weight is 501 g/mol. The van der Waals surface area contributed by atoms with Crippen molar-refractivity contribution < 1.29 is 14.3 Å². The van der Waals surface area contributed by atoms with Crippen LogP contribution in [0.1, 0.15) is 28.4 Å². The maximum absolute atomic E-state index is 13.6. The Morgan fingerprint density at radius 2 is 1.63 bits per heavy atom. The zero-order valence-corrected chi connectivity index (χ0v) is 20.5. The Morgan fingerprint density at radius 1 is 0.943 bits per heavy atom. The molecule has 0 saturated carbocycles. The fourth-order valence-electron chi connectivity index (χ4n) is 4.10. The van der Waals surface area contributed by atoms with Gasteiger partial charge in [-0.05, 0) is 24.6 Å². The summed E-state index contributed by atoms with van der Waals surface area (Å²) in [5.41, 5.74) is 4.50. The Balaban J connectivity index is 1.62. The van der Waals surface area contributed by atoms with Crippen molar-refractivity contribution in [3.8, 4) is 11.1 Å². The molecule has 0 unspecified atom stereocenters. The number of aliphatic imine (C=N–C) groups is 1. The Labute approximate surface area is 212 Å². The van der Waals surface area contributed by atoms with Gasteiger partial charge in [0.05, 0.1) is 18.8 Å². The first kappa shape index (κ1) is 23.0. The zero-order chi connectivity index (χ0) is 24.4. The van der Waals surface area contributed by atoms with Crippen LogP contribution in [0.25, 0.3) is 11.1 Å². The third kappa shape index (κ3) is 4.38. The van der Waals surface area contributed by atoms with E-state index in [1.165, 1.54) is 11.3 Å². The molecule has 0 fully saturated rings. The number of anilines is 1. The van der Waals surface area contributed by atoms with E-state index in [0.717, 1.165) is 16.8 Å². The molecule has 174 valence electrons. The first-order valence-corrected chi connectivity index (χ1v) is 12.4. The minimum absolute atomic E-state index is 0.211. The molecule has 3 aromatic carbocycles. The number of benzene rings is 3. The summed E-state index contributed by atoms with van der Waals surface area (Å²) < 4.78 is 5.35. The Kier molecular flexibility index (Phi) is 6.49. The molecule has 5 nitrogen and oxygen atoms in total. The second-order valence-corrected chi connectivity index (χ2v) is 9.15. The number of carbonyl (C=O) groups is 2. The van der Waals surface area contributed by atoms with Crippen LogP contribution in [0.4, 0.5) is 10.7 Å². The Morgan fingerprint density at radius 3 is 2.37 bits per heavy atom. The fraction of sp³-hybridized carbons (Fsp3) is 0.107. The van der Waals surface area contributed by atoms with Crippen LogP contribution in [-0.2, 0) is 16.1 Å². The van der Waals surface area contributed by atoms with Crippen LogP contribution in [0.15, 0.2) is 89.2 Å². The molecule has 5 rings (SSSR count). The van der Waals surface area contributed by atoms with E-state index in [2.05, 4.69) is 0 Å². The first-order chi connectivity index (χ1) is 17.1. The number of esters is 1. The predicted molar refractivity (Wildman–Crippen MR) is 141 cm³/mol. The van der Waals surface area contributed by atoms with E-state index < -0.39 is 5.97 Å². The number of fused-ring (bicyclic) bond motifs is 1. The number of rotatable bonds is 6. The largest absolute Gasteiger partial charge is 0.462 e. The van der Waals surface area contributed by atoms with E-state index in [9.17, 15) is 9.59 Å². The molecule has 0 aliphatic carbocycles. The first-order valence-electron chi connectivity index (χ1n) is 11.2. The Bertz CT molecular complexity index is 1450. The van der Waals surface area contributed by atoms with Crippen LogP contribution in [-0.4, -0.2) is 24.2 Å². The lowest BCUT2D eigenvalue weighted by Crippen LogP contribution is -2.29. The lowest BCUT2D eigenvalue weighted by Gasteiger charge is -2.16. The van der Waals surface area contributed by atoms with Gasteiger partial charge in [-0.15, -0.1) is 11.3 Å². The molecular weight excluding hydrogens is 480 g/mol. The molecule has 0 saturated heterocycles. The molecule has 0 spiro atoms. The summed E-state index contributed by atoms with van der Waals surface area (Å²) in [6.45, 7) is 2.40. The molecule has 7 heteroatoms. The van der Waals surface area contributed by atoms with Gasteiger partial charge in [-0.1, -0.05) is 78.3 Å². The molecule has 1 aliphatic rings. The highest BCUT2D eigenvalue weighted by molar-refractivity contribution is 7.15. The van der Waals surface area contributed by atoms with E-state index in [0.29, 0.717) is 39.0 Å². The Hall–Kier alpha value is -3.74. The van der Waals surface area contributed by atoms with Crippen molar-refractivity contribution in [2.75, 3.05) is 11.5 Å². The summed E-state index contributed by atoms with van der Waals surface area (Å²) in [6.07, 6.45) is 0. The summed E-state index contributed by atoms with van der Waals surface area (Å²) in [6, 6.07) is 24.7. The van der Waals surface area contributed by atoms with Crippen LogP contribution in [0, 0.1) is 0 Å². The zero-order valence-electron chi connectivity index (χ0n) is 18.9. The molecule has 0 atom stereocenters. The van der Waals surface area contributed by atoms with Crippen LogP contribution >= 0.6 is 22.9 Å². The summed E-state index contributed by atoms with van der Waals surface area (Å²) in [7, 11) is 0. The number of hydrogen-bond acceptors (Lipinski definition) is 5. The normalized spacial score (nSPS) is 13.8. The monoisotopic (exact) mass is 500 g/mol. The molecule has 0 N–H and O–H groups in total. The minimum atomic E-state index is -0.497. The van der Waals surface area contributed by atoms with Gasteiger partial charge in [0.25, 0.3) is 5.91 Å². The summed E-state index contributed by atoms with van der Waals surface area (Å²) in [5.74, 6) is -0.708. The highest BCUT2D eigenvalue weighted by atomic mass is 35.5. The minimum Gasteiger partial charge on any atom is -0.462 e. The molecule has 1 aromatic heterocycles. The lowest BCUT2D eigenvalue weighted by molar-refractivity contribution is -0.112. The van der Waals surface area contributed by atoms with Gasteiger partial charge in [0.1, 0.15) is 16.3 Å². The SMILES string of the molecule is CCOC(=O)c1c(-c2ccccc2Cl)csc1N=C1C(=O)N(Cc2ccccc2)c2ccccc21. The van der Waals surface area contributed by atoms with Crippen molar-refractivity contribution in [3.63, 3.8) is 0 Å². The fourth-order valence-corrected chi connectivity index (χ4v) is 5.27. The van der Waals surface area contributed by atoms with Crippen LogP contribution in [0.2, 0.25) is 5.02 Å². The molecule has 1 amide bonds. The van der Waals surface area contributed by atoms with Crippen molar-refractivity contribution in [3.05, 3.63) is 106 Å². The standard InChI is InChI=1S/C28H21ClN2O3S/c1-2-34-28(33)24-21(19-12-6-8-14-22(19)29)17-35-26(24)30-25-20-13-7-9-15-23(20)31(27(25)32)16-18-10-4-3-5-11-18/h3-15,17H,2,16H2,1H3. The van der Waals surface area contributed by atoms with Crippen molar-refractivity contribution in [2.45, 2.75) is 13.5 Å². The molecular formula is C28H21ClN2O3S. The second-order valence-electron chi connectivity index (χ2n) is 7.88. The third-order valence-electron chi connectivity index (χ3n) is 5.71. The number of nitrogens with zero attached hydrogens (tertiary/aromatic N) is 2. The third-order valence-corrected chi connectivity index (χ3v) is 6.91. The van der Waals surface area contributed by atoms with Gasteiger partial charge < -0.3 is 9.64 Å². The highest BCUT2D eigenvalue weighted by Gasteiger charge is 2.34. The second kappa shape index (κ2) is 9.86. The number of ether oxygens (including phenoxy) is 1. The van der Waals surface area contributed by atoms with E-state index in [1.54, 1.807) is 17.9 Å². The van der Waals surface area contributed by atoms with Crippen LogP contribution in [0.3, 0.4) is 0 Å². The maximum atomic E-state index is 13.6. The molecule has 1 aliphatic heterocycles. The van der Waals surface area contributed by atoms with Gasteiger partial charge >= 0.3 is 5.97 Å². The van der Waals surface area contributed by atoms with Gasteiger partial charge in [0, 0.05) is 27.1 Å². The lowest BCUT2D eigenvalue weighted by atomic mass is 10.0. The van der Waals surface area contributed by atoms with E-state index in [1.807, 2.05) is 78.2 Å². The molecule has 35 heavy (non-hydrogen) atoms. The smallest absolute Gasteiger partial charge is 0.341 e. The van der Waals surface area contributed by atoms with Gasteiger partial charge in [-0.3, -0.25) is 4.79 Å². The molecule has 2 heterocycles. The van der Waals surface area contributed by atoms with E-state index >= 15 is 0 Å². The number of carbonyl (C=O) groups excluding carboxylic acids is 2. The number of hydrogen-bond donors (Lipinski definition) is 0. The topological polar surface area (TPSA) is 59.0 Å². The number of para-hydroxylation sites is 1. The molecule has 0 radical (unpaired) electrons. The molecule has 4 aromatic rings. The average Bonchev–Trinajstić information content (AvgIpc) is 3.40. The quantitative estimate of drug-likeness (QED) is 0.270. The number of halogens is 1. The van der Waals surface area contributed by atoms with Gasteiger partial charge in [0.2, 0.25) is 0 Å². The van der Waals surface area contributed by atoms with Crippen LogP contribution in [0.5, 0.6) is 0 Å². The van der Waals surface area contributed by atoms with Gasteiger partial charge in [-0.25, -0.2) is 9.79 Å². The predicted octanol–water partition coefficient (Wildman–Crippen LogP) is 6.91. The van der Waals surface area contributed by atoms with E-state index in [-0.39, 0.29) is 12.5 Å². The van der Waals surface area contributed by atoms with Crippen molar-refractivity contribution in [2.24, 2.45) is 4.99 Å². The highest BCUT2D eigenvalue weighted by Crippen LogP contribution is 2.42. The number of amides is 1. The van der Waals surface area contributed by atoms with Gasteiger partial charge in [0.15, 0.2) is 0 Å². The van der Waals surface area contributed by atoms with Crippen molar-refractivity contribution in [1.82, 2.24) is 0 Å². The van der Waals surface area contributed by atoms with E-state index in [4.69, 9.17) is 21.3 Å². The van der Waals surface area contributed by atoms with Crippen molar-refractivity contribution in [1.29, 1.82) is 0 Å². The summed E-state index contributed by atoms with van der Waals surface area (Å²) >= 11 is 7.72.